The van der Waals surface area contributed by atoms with E-state index in [1.165, 1.54) is 0 Å². The SMILES string of the molecule is Cc1cc(C)c(C(=O)c2ccc(C(=O)Nc3ccc4nc(C)sc4c3)cc2)c(C)c1. The highest BCUT2D eigenvalue weighted by molar-refractivity contribution is 7.18. The predicted molar refractivity (Wildman–Crippen MR) is 123 cm³/mol. The number of nitrogens with zero attached hydrogens (tertiary/aromatic N) is 1. The molecule has 3 aromatic carbocycles. The molecule has 0 fully saturated rings. The number of benzene rings is 3. The van der Waals surface area contributed by atoms with Gasteiger partial charge in [-0.2, -0.15) is 0 Å². The summed E-state index contributed by atoms with van der Waals surface area (Å²) in [5.41, 5.74) is 6.53. The van der Waals surface area contributed by atoms with Crippen LogP contribution in [0, 0.1) is 27.7 Å². The van der Waals surface area contributed by atoms with Gasteiger partial charge >= 0.3 is 0 Å². The molecule has 0 aliphatic rings. The minimum absolute atomic E-state index is 0.0250. The van der Waals surface area contributed by atoms with Crippen molar-refractivity contribution in [3.8, 4) is 0 Å². The minimum atomic E-state index is -0.211. The van der Waals surface area contributed by atoms with Gasteiger partial charge < -0.3 is 5.32 Å². The molecule has 5 heteroatoms. The lowest BCUT2D eigenvalue weighted by molar-refractivity contribution is 0.101. The van der Waals surface area contributed by atoms with Crippen molar-refractivity contribution >= 4 is 38.9 Å². The lowest BCUT2D eigenvalue weighted by atomic mass is 9.93. The summed E-state index contributed by atoms with van der Waals surface area (Å²) in [4.78, 5) is 30.1. The van der Waals surface area contributed by atoms with E-state index >= 15 is 0 Å². The van der Waals surface area contributed by atoms with Gasteiger partial charge in [0.05, 0.1) is 15.2 Å². The number of carbonyl (C=O) groups excluding carboxylic acids is 2. The quantitative estimate of drug-likeness (QED) is 0.416. The fraction of sp³-hybridized carbons (Fsp3) is 0.160. The molecule has 1 aromatic heterocycles. The van der Waals surface area contributed by atoms with Crippen molar-refractivity contribution in [2.75, 3.05) is 5.32 Å². The zero-order valence-corrected chi connectivity index (χ0v) is 18.2. The molecule has 30 heavy (non-hydrogen) atoms. The zero-order chi connectivity index (χ0) is 21.4. The van der Waals surface area contributed by atoms with E-state index in [2.05, 4.69) is 10.3 Å². The van der Waals surface area contributed by atoms with Crippen LogP contribution in [-0.2, 0) is 0 Å². The predicted octanol–water partition coefficient (Wildman–Crippen LogP) is 6.01. The summed E-state index contributed by atoms with van der Waals surface area (Å²) in [5, 5.41) is 3.91. The first-order valence-corrected chi connectivity index (χ1v) is 10.5. The Balaban J connectivity index is 1.54. The first kappa shape index (κ1) is 20.0. The molecular weight excluding hydrogens is 392 g/mol. The Morgan fingerprint density at radius 2 is 1.47 bits per heavy atom. The van der Waals surface area contributed by atoms with Crippen LogP contribution in [0.15, 0.2) is 54.6 Å². The number of rotatable bonds is 4. The van der Waals surface area contributed by atoms with Crippen LogP contribution in [-0.4, -0.2) is 16.7 Å². The average Bonchev–Trinajstić information content (AvgIpc) is 3.06. The first-order chi connectivity index (χ1) is 14.3. The number of aromatic nitrogens is 1. The van der Waals surface area contributed by atoms with Crippen molar-refractivity contribution < 1.29 is 9.59 Å². The summed E-state index contributed by atoms with van der Waals surface area (Å²) < 4.78 is 1.04. The molecule has 0 unspecified atom stereocenters. The number of amides is 1. The Bertz CT molecular complexity index is 1260. The molecule has 1 amide bonds. The number of fused-ring (bicyclic) bond motifs is 1. The molecule has 0 spiro atoms. The minimum Gasteiger partial charge on any atom is -0.322 e. The van der Waals surface area contributed by atoms with Crippen LogP contribution in [0.4, 0.5) is 5.69 Å². The standard InChI is InChI=1S/C25H22N2O2S/c1-14-11-15(2)23(16(3)12-14)24(28)18-5-7-19(8-6-18)25(29)27-20-9-10-21-22(13-20)30-17(4)26-21/h5-13H,1-4H3,(H,27,29). The van der Waals surface area contributed by atoms with Crippen molar-refractivity contribution in [2.45, 2.75) is 27.7 Å². The van der Waals surface area contributed by atoms with Crippen LogP contribution in [0.25, 0.3) is 10.2 Å². The summed E-state index contributed by atoms with van der Waals surface area (Å²) in [6.45, 7) is 7.90. The van der Waals surface area contributed by atoms with Crippen LogP contribution in [0.2, 0.25) is 0 Å². The molecule has 0 aliphatic heterocycles. The number of hydrogen-bond acceptors (Lipinski definition) is 4. The summed E-state index contributed by atoms with van der Waals surface area (Å²) in [6.07, 6.45) is 0. The van der Waals surface area contributed by atoms with E-state index < -0.39 is 0 Å². The molecular formula is C25H22N2O2S. The number of nitrogens with one attached hydrogen (secondary N) is 1. The van der Waals surface area contributed by atoms with Crippen molar-refractivity contribution in [1.29, 1.82) is 0 Å². The van der Waals surface area contributed by atoms with Gasteiger partial charge in [0, 0.05) is 22.4 Å². The summed E-state index contributed by atoms with van der Waals surface area (Å²) >= 11 is 1.60. The average molecular weight is 415 g/mol. The number of ketones is 1. The van der Waals surface area contributed by atoms with E-state index in [0.717, 1.165) is 43.2 Å². The van der Waals surface area contributed by atoms with Crippen LogP contribution in [0.1, 0.15) is 48.0 Å². The zero-order valence-electron chi connectivity index (χ0n) is 17.4. The lowest BCUT2D eigenvalue weighted by Crippen LogP contribution is -2.12. The fourth-order valence-corrected chi connectivity index (χ4v) is 4.64. The van der Waals surface area contributed by atoms with Crippen LogP contribution in [0.3, 0.4) is 0 Å². The smallest absolute Gasteiger partial charge is 0.255 e. The molecule has 0 aliphatic carbocycles. The van der Waals surface area contributed by atoms with E-state index in [1.54, 1.807) is 35.6 Å². The molecule has 0 atom stereocenters. The number of thiazole rings is 1. The Hall–Kier alpha value is -3.31. The second-order valence-corrected chi connectivity index (χ2v) is 8.78. The van der Waals surface area contributed by atoms with Gasteiger partial charge in [-0.25, -0.2) is 4.98 Å². The van der Waals surface area contributed by atoms with Crippen molar-refractivity contribution in [3.05, 3.63) is 93.0 Å². The molecule has 0 saturated heterocycles. The third-order valence-corrected chi connectivity index (χ3v) is 6.00. The highest BCUT2D eigenvalue weighted by Crippen LogP contribution is 2.25. The maximum absolute atomic E-state index is 13.0. The third kappa shape index (κ3) is 3.89. The van der Waals surface area contributed by atoms with E-state index in [-0.39, 0.29) is 11.7 Å². The fourth-order valence-electron chi connectivity index (χ4n) is 3.78. The van der Waals surface area contributed by atoms with Gasteiger partial charge in [0.15, 0.2) is 5.78 Å². The highest BCUT2D eigenvalue weighted by Gasteiger charge is 2.16. The van der Waals surface area contributed by atoms with Gasteiger partial charge in [0.25, 0.3) is 5.91 Å². The van der Waals surface area contributed by atoms with Crippen LogP contribution in [0.5, 0.6) is 0 Å². The summed E-state index contributed by atoms with van der Waals surface area (Å²) in [5.74, 6) is -0.236. The van der Waals surface area contributed by atoms with Gasteiger partial charge in [-0.15, -0.1) is 11.3 Å². The van der Waals surface area contributed by atoms with E-state index in [9.17, 15) is 9.59 Å². The lowest BCUT2D eigenvalue weighted by Gasteiger charge is -2.11. The summed E-state index contributed by atoms with van der Waals surface area (Å²) in [7, 11) is 0. The Morgan fingerprint density at radius 3 is 2.13 bits per heavy atom. The van der Waals surface area contributed by atoms with Gasteiger partial charge in [0.1, 0.15) is 0 Å². The molecule has 4 nitrogen and oxygen atoms in total. The van der Waals surface area contributed by atoms with E-state index in [1.807, 2.05) is 58.0 Å². The molecule has 150 valence electrons. The first-order valence-electron chi connectivity index (χ1n) is 9.73. The van der Waals surface area contributed by atoms with E-state index in [4.69, 9.17) is 0 Å². The second kappa shape index (κ2) is 7.84. The number of carbonyl (C=O) groups is 2. The van der Waals surface area contributed by atoms with Gasteiger partial charge in [-0.3, -0.25) is 9.59 Å². The largest absolute Gasteiger partial charge is 0.322 e. The molecule has 0 bridgehead atoms. The second-order valence-electron chi connectivity index (χ2n) is 7.55. The highest BCUT2D eigenvalue weighted by atomic mass is 32.1. The number of hydrogen-bond donors (Lipinski definition) is 1. The number of anilines is 1. The monoisotopic (exact) mass is 414 g/mol. The van der Waals surface area contributed by atoms with Crippen molar-refractivity contribution in [2.24, 2.45) is 0 Å². The van der Waals surface area contributed by atoms with Crippen LogP contribution < -0.4 is 5.32 Å². The molecule has 4 rings (SSSR count). The molecule has 1 heterocycles. The van der Waals surface area contributed by atoms with Gasteiger partial charge in [-0.1, -0.05) is 29.8 Å². The molecule has 0 saturated carbocycles. The topological polar surface area (TPSA) is 59.1 Å². The van der Waals surface area contributed by atoms with Crippen molar-refractivity contribution in [3.63, 3.8) is 0 Å². The summed E-state index contributed by atoms with van der Waals surface area (Å²) in [6, 6.07) is 16.5. The third-order valence-electron chi connectivity index (χ3n) is 5.07. The maximum Gasteiger partial charge on any atom is 0.255 e. The Morgan fingerprint density at radius 1 is 0.833 bits per heavy atom. The van der Waals surface area contributed by atoms with Crippen molar-refractivity contribution in [1.82, 2.24) is 4.98 Å². The van der Waals surface area contributed by atoms with Gasteiger partial charge in [0.2, 0.25) is 0 Å². The van der Waals surface area contributed by atoms with Gasteiger partial charge in [-0.05, 0) is 69.2 Å². The Kier molecular flexibility index (Phi) is 5.22. The van der Waals surface area contributed by atoms with E-state index in [0.29, 0.717) is 11.1 Å². The molecule has 0 radical (unpaired) electrons. The molecule has 1 N–H and O–H groups in total. The van der Waals surface area contributed by atoms with Crippen LogP contribution >= 0.6 is 11.3 Å². The Labute approximate surface area is 179 Å². The number of aryl methyl sites for hydroxylation is 4. The molecule has 4 aromatic rings. The maximum atomic E-state index is 13.0. The normalized spacial score (nSPS) is 10.9.